The number of carboxylic acid groups (broad SMARTS) is 1. The van der Waals surface area contributed by atoms with Gasteiger partial charge in [0, 0.05) is 41.7 Å². The van der Waals surface area contributed by atoms with Crippen LogP contribution in [0.4, 0.5) is 0 Å². The number of carbonyl (C=O) groups is 1. The molecule has 0 unspecified atom stereocenters. The number of piperidine rings is 1. The summed E-state index contributed by atoms with van der Waals surface area (Å²) in [4.78, 5) is 16.6. The molecule has 5 rings (SSSR count). The van der Waals surface area contributed by atoms with Gasteiger partial charge in [-0.15, -0.1) is 0 Å². The second kappa shape index (κ2) is 9.11. The molecule has 1 aliphatic carbocycles. The molecule has 33 heavy (non-hydrogen) atoms. The summed E-state index contributed by atoms with van der Waals surface area (Å²) in [7, 11) is 2.36. The first-order valence-electron chi connectivity index (χ1n) is 12.4. The van der Waals surface area contributed by atoms with Crippen LogP contribution < -0.4 is 4.74 Å². The van der Waals surface area contributed by atoms with Crippen LogP contribution in [0.3, 0.4) is 0 Å². The Bertz CT molecular complexity index is 980. The number of benzene rings is 2. The van der Waals surface area contributed by atoms with Crippen LogP contribution in [0.5, 0.6) is 5.75 Å². The van der Waals surface area contributed by atoms with Gasteiger partial charge in [-0.05, 0) is 44.4 Å². The van der Waals surface area contributed by atoms with Crippen LogP contribution in [0, 0.1) is 5.41 Å². The van der Waals surface area contributed by atoms with Crippen LogP contribution in [0.1, 0.15) is 50.2 Å². The number of aliphatic carboxylic acids is 1. The fraction of sp³-hybridized carbons (Fsp3) is 0.536. The molecule has 5 atom stereocenters. The van der Waals surface area contributed by atoms with Gasteiger partial charge in [-0.25, -0.2) is 4.79 Å². The van der Waals surface area contributed by atoms with Gasteiger partial charge in [-0.3, -0.25) is 9.80 Å². The number of carboxylic acids is 1. The highest BCUT2D eigenvalue weighted by molar-refractivity contribution is 5.68. The first-order chi connectivity index (χ1) is 16.0. The van der Waals surface area contributed by atoms with Gasteiger partial charge in [0.2, 0.25) is 0 Å². The van der Waals surface area contributed by atoms with Crippen molar-refractivity contribution >= 4 is 5.97 Å². The third kappa shape index (κ3) is 4.17. The predicted molar refractivity (Wildman–Crippen MR) is 129 cm³/mol. The van der Waals surface area contributed by atoms with Gasteiger partial charge < -0.3 is 9.84 Å². The van der Waals surface area contributed by atoms with E-state index in [2.05, 4.69) is 60.2 Å². The highest BCUT2D eigenvalue weighted by atomic mass is 16.5. The molecule has 2 bridgehead atoms. The lowest BCUT2D eigenvalue weighted by atomic mass is 9.69. The van der Waals surface area contributed by atoms with Gasteiger partial charge in [-0.2, -0.15) is 0 Å². The van der Waals surface area contributed by atoms with Gasteiger partial charge in [0.05, 0.1) is 0 Å². The molecule has 2 heterocycles. The van der Waals surface area contributed by atoms with Crippen LogP contribution in [0.15, 0.2) is 54.6 Å². The summed E-state index contributed by atoms with van der Waals surface area (Å²) in [5.74, 6) is -0.241. The molecule has 0 amide bonds. The number of likely N-dealkylation sites (N-methyl/N-ethyl adjacent to an activating group) is 1. The van der Waals surface area contributed by atoms with E-state index in [1.54, 1.807) is 0 Å². The van der Waals surface area contributed by atoms with Crippen molar-refractivity contribution in [2.45, 2.75) is 76.2 Å². The van der Waals surface area contributed by atoms with E-state index in [1.807, 2.05) is 18.2 Å². The zero-order chi connectivity index (χ0) is 23.0. The zero-order valence-electron chi connectivity index (χ0n) is 19.8. The number of hydrogen-bond acceptors (Lipinski definition) is 4. The third-order valence-corrected chi connectivity index (χ3v) is 8.63. The molecule has 0 radical (unpaired) electrons. The smallest absolute Gasteiger partial charge is 0.341 e. The van der Waals surface area contributed by atoms with Gasteiger partial charge in [0.25, 0.3) is 0 Å². The molecule has 5 nitrogen and oxygen atoms in total. The molecule has 2 aromatic carbocycles. The summed E-state index contributed by atoms with van der Waals surface area (Å²) >= 11 is 0. The maximum atomic E-state index is 11.1. The Hall–Kier alpha value is -2.37. The Morgan fingerprint density at radius 3 is 2.52 bits per heavy atom. The number of rotatable bonds is 7. The van der Waals surface area contributed by atoms with Crippen LogP contribution in [0.25, 0.3) is 0 Å². The summed E-state index contributed by atoms with van der Waals surface area (Å²) in [5.41, 5.74) is 2.79. The number of ether oxygens (including phenoxy) is 1. The van der Waals surface area contributed by atoms with Gasteiger partial charge in [-0.1, -0.05) is 68.3 Å². The molecule has 0 aromatic heterocycles. The van der Waals surface area contributed by atoms with Crippen molar-refractivity contribution in [3.8, 4) is 5.75 Å². The van der Waals surface area contributed by atoms with Crippen molar-refractivity contribution in [1.29, 1.82) is 0 Å². The first-order valence-corrected chi connectivity index (χ1v) is 12.4. The fourth-order valence-electron chi connectivity index (χ4n) is 7.18. The van der Waals surface area contributed by atoms with Crippen LogP contribution in [-0.2, 0) is 17.8 Å². The maximum absolute atomic E-state index is 11.1. The topological polar surface area (TPSA) is 53.0 Å². The summed E-state index contributed by atoms with van der Waals surface area (Å²) in [6, 6.07) is 21.0. The van der Waals surface area contributed by atoms with Crippen molar-refractivity contribution in [2.75, 3.05) is 13.7 Å². The third-order valence-electron chi connectivity index (χ3n) is 8.63. The monoisotopic (exact) mass is 448 g/mol. The molecule has 2 saturated heterocycles. The van der Waals surface area contributed by atoms with Gasteiger partial charge in [0.15, 0.2) is 6.61 Å². The van der Waals surface area contributed by atoms with Crippen molar-refractivity contribution in [2.24, 2.45) is 5.41 Å². The van der Waals surface area contributed by atoms with E-state index in [0.717, 1.165) is 18.5 Å². The number of para-hydroxylation sites is 1. The molecule has 1 N–H and O–H groups in total. The van der Waals surface area contributed by atoms with E-state index in [9.17, 15) is 4.79 Å². The highest BCUT2D eigenvalue weighted by Gasteiger charge is 2.60. The number of hydrogen-bond donors (Lipinski definition) is 1. The summed E-state index contributed by atoms with van der Waals surface area (Å²) < 4.78 is 5.68. The molecule has 176 valence electrons. The van der Waals surface area contributed by atoms with E-state index in [-0.39, 0.29) is 6.61 Å². The Labute approximate surface area is 197 Å². The van der Waals surface area contributed by atoms with E-state index < -0.39 is 5.97 Å². The fourth-order valence-corrected chi connectivity index (χ4v) is 7.18. The molecule has 2 aromatic rings. The first kappa shape index (κ1) is 22.4. The van der Waals surface area contributed by atoms with E-state index in [0.29, 0.717) is 35.3 Å². The molecule has 3 aliphatic rings. The molecule has 0 spiro atoms. The van der Waals surface area contributed by atoms with E-state index in [4.69, 9.17) is 9.84 Å². The summed E-state index contributed by atoms with van der Waals surface area (Å²) in [5, 5.41) is 9.12. The number of likely N-dealkylation sites (tertiary alicyclic amines) is 2. The lowest BCUT2D eigenvalue weighted by Gasteiger charge is -2.49. The summed E-state index contributed by atoms with van der Waals surface area (Å²) in [6.07, 6.45) is 7.42. The minimum atomic E-state index is -0.939. The standard InChI is InChI=1S/C28H36N2O3/c1-28-17-23-22(16-20-10-4-3-5-11-20)29(2)25(28)14-8-9-15-26(28)30(23)18-21-12-6-7-13-24(21)33-19-27(31)32/h3-7,10-13,22-23,25-26H,8-9,14-19H2,1-2H3,(H,31,32)/t22-,23+,25-,26+,28-/m1/s1. The molecular formula is C28H36N2O3. The quantitative estimate of drug-likeness (QED) is 0.671. The van der Waals surface area contributed by atoms with E-state index >= 15 is 0 Å². The van der Waals surface area contributed by atoms with Crippen molar-refractivity contribution in [3.05, 3.63) is 65.7 Å². The number of fused-ring (bicyclic) bond motifs is 1. The van der Waals surface area contributed by atoms with Crippen LogP contribution in [0.2, 0.25) is 0 Å². The molecule has 5 heteroatoms. The number of nitrogens with zero attached hydrogens (tertiary/aromatic N) is 2. The van der Waals surface area contributed by atoms with E-state index in [1.165, 1.54) is 37.7 Å². The second-order valence-corrected chi connectivity index (χ2v) is 10.5. The van der Waals surface area contributed by atoms with Crippen molar-refractivity contribution in [1.82, 2.24) is 9.80 Å². The SMILES string of the molecule is CN1[C@H](Cc2ccccc2)[C@@H]2C[C@@]3(C)[C@H](CCCC[C@@H]13)N2Cc1ccccc1OCC(=O)O. The molecule has 3 fully saturated rings. The Morgan fingerprint density at radius 2 is 1.76 bits per heavy atom. The molecule has 2 aliphatic heterocycles. The van der Waals surface area contributed by atoms with Crippen molar-refractivity contribution < 1.29 is 14.6 Å². The zero-order valence-corrected chi connectivity index (χ0v) is 19.8. The predicted octanol–water partition coefficient (Wildman–Crippen LogP) is 4.60. The van der Waals surface area contributed by atoms with Gasteiger partial charge >= 0.3 is 5.97 Å². The average molecular weight is 449 g/mol. The molecular weight excluding hydrogens is 412 g/mol. The second-order valence-electron chi connectivity index (χ2n) is 10.5. The Kier molecular flexibility index (Phi) is 6.19. The average Bonchev–Trinajstić information content (AvgIpc) is 2.93. The maximum Gasteiger partial charge on any atom is 0.341 e. The minimum Gasteiger partial charge on any atom is -0.482 e. The Balaban J connectivity index is 1.48. The lowest BCUT2D eigenvalue weighted by molar-refractivity contribution is -0.139. The van der Waals surface area contributed by atoms with Crippen LogP contribution >= 0.6 is 0 Å². The summed E-state index contributed by atoms with van der Waals surface area (Å²) in [6.45, 7) is 3.04. The molecule has 1 saturated carbocycles. The van der Waals surface area contributed by atoms with Crippen molar-refractivity contribution in [3.63, 3.8) is 0 Å². The Morgan fingerprint density at radius 1 is 1.06 bits per heavy atom. The van der Waals surface area contributed by atoms with Gasteiger partial charge in [0.1, 0.15) is 5.75 Å². The van der Waals surface area contributed by atoms with Crippen LogP contribution in [-0.4, -0.2) is 58.7 Å². The lowest BCUT2D eigenvalue weighted by Crippen LogP contribution is -2.58. The highest BCUT2D eigenvalue weighted by Crippen LogP contribution is 2.55. The largest absolute Gasteiger partial charge is 0.482 e. The minimum absolute atomic E-state index is 0.292. The normalized spacial score (nSPS) is 31.8.